The van der Waals surface area contributed by atoms with Crippen LogP contribution in [-0.2, 0) is 9.59 Å². The van der Waals surface area contributed by atoms with Gasteiger partial charge in [-0.05, 0) is 131 Å². The molecule has 1 aromatic carbocycles. The highest BCUT2D eigenvalue weighted by molar-refractivity contribution is 6.18. The molecule has 0 amide bonds. The van der Waals surface area contributed by atoms with E-state index in [-0.39, 0.29) is 46.5 Å². The molecule has 306 valence electrons. The molecule has 0 saturated heterocycles. The summed E-state index contributed by atoms with van der Waals surface area (Å²) in [4.78, 5) is 26.9. The molecule has 6 rings (SSSR count). The van der Waals surface area contributed by atoms with Gasteiger partial charge in [0.25, 0.3) is 0 Å². The minimum atomic E-state index is -4.62. The third-order valence-corrected chi connectivity index (χ3v) is 14.4. The molecule has 4 fully saturated rings. The van der Waals surface area contributed by atoms with Crippen LogP contribution in [0.3, 0.4) is 0 Å². The van der Waals surface area contributed by atoms with Gasteiger partial charge in [-0.1, -0.05) is 90.9 Å². The lowest BCUT2D eigenvalue weighted by Gasteiger charge is -2.37. The Kier molecular flexibility index (Phi) is 15.3. The molecule has 0 bridgehead atoms. The maximum Gasteiger partial charge on any atom is 0.431 e. The second-order valence-corrected chi connectivity index (χ2v) is 18.0. The molecule has 1 aromatic rings. The number of carbonyl (C=O) groups excluding carboxylic acids is 2. The van der Waals surface area contributed by atoms with Crippen molar-refractivity contribution in [3.63, 3.8) is 0 Å². The minimum Gasteiger partial charge on any atom is -0.426 e. The molecule has 6 nitrogen and oxygen atoms in total. The fourth-order valence-electron chi connectivity index (χ4n) is 10.8. The number of alkyl halides is 3. The van der Waals surface area contributed by atoms with Gasteiger partial charge in [0.05, 0.1) is 17.5 Å². The maximum atomic E-state index is 13.6. The van der Waals surface area contributed by atoms with Gasteiger partial charge in [-0.3, -0.25) is 9.59 Å². The average molecular weight is 769 g/mol. The molecule has 0 spiro atoms. The number of nitrogens with zero attached hydrogens (tertiary/aromatic N) is 2. The van der Waals surface area contributed by atoms with Crippen LogP contribution in [0.15, 0.2) is 28.4 Å². The Morgan fingerprint density at radius 3 is 1.51 bits per heavy atom. The first kappa shape index (κ1) is 41.9. The number of hydrogen-bond acceptors (Lipinski definition) is 6. The Morgan fingerprint density at radius 2 is 1.07 bits per heavy atom. The first-order chi connectivity index (χ1) is 26.6. The van der Waals surface area contributed by atoms with E-state index in [0.717, 1.165) is 75.0 Å². The van der Waals surface area contributed by atoms with Gasteiger partial charge in [-0.15, -0.1) is 5.10 Å². The molecule has 1 aliphatic heterocycles. The molecule has 1 heterocycles. The highest BCUT2D eigenvalue weighted by Gasteiger charge is 2.40. The Morgan fingerprint density at radius 1 is 0.618 bits per heavy atom. The quantitative estimate of drug-likeness (QED) is 0.101. The number of benzene rings is 1. The number of ether oxygens (including phenoxy) is 2. The summed E-state index contributed by atoms with van der Waals surface area (Å²) in [5.74, 6) is 3.78. The molecule has 4 saturated carbocycles. The molecule has 0 N–H and O–H groups in total. The minimum absolute atomic E-state index is 0.0441. The summed E-state index contributed by atoms with van der Waals surface area (Å²) >= 11 is 0. The van der Waals surface area contributed by atoms with Crippen molar-refractivity contribution in [3.8, 4) is 11.5 Å². The first-order valence-electron chi connectivity index (χ1n) is 22.4. The van der Waals surface area contributed by atoms with Gasteiger partial charge in [0, 0.05) is 12.0 Å². The average Bonchev–Trinajstić information content (AvgIpc) is 3.71. The van der Waals surface area contributed by atoms with Crippen LogP contribution in [0, 0.1) is 47.3 Å². The zero-order valence-corrected chi connectivity index (χ0v) is 33.7. The third kappa shape index (κ3) is 11.7. The Bertz CT molecular complexity index is 1460. The van der Waals surface area contributed by atoms with Crippen LogP contribution in [0.1, 0.15) is 180 Å². The molecule has 0 radical (unpaired) electrons. The van der Waals surface area contributed by atoms with Crippen molar-refractivity contribution < 1.29 is 32.2 Å². The molecule has 0 atom stereocenters. The zero-order chi connectivity index (χ0) is 38.8. The maximum absolute atomic E-state index is 13.6. The SMILES string of the molecule is CCCCCC1CCC(C2CCC(C(=O)Oc3ccc(OC(=O)C4CCC(C5CCC(CCCCC)CC5)CC4)c(C4=NN=C(C(F)(F)F)C4)c3)CC2)CC1. The van der Waals surface area contributed by atoms with Crippen LogP contribution in [0.25, 0.3) is 0 Å². The van der Waals surface area contributed by atoms with Crippen molar-refractivity contribution in [2.24, 2.45) is 57.5 Å². The molecular formula is C46H67F3N2O4. The fraction of sp³-hybridized carbons (Fsp3) is 0.783. The molecule has 5 aliphatic rings. The lowest BCUT2D eigenvalue weighted by Crippen LogP contribution is -2.30. The van der Waals surface area contributed by atoms with E-state index >= 15 is 0 Å². The predicted octanol–water partition coefficient (Wildman–Crippen LogP) is 13.0. The second-order valence-electron chi connectivity index (χ2n) is 18.0. The van der Waals surface area contributed by atoms with Crippen LogP contribution < -0.4 is 9.47 Å². The molecule has 4 aliphatic carbocycles. The van der Waals surface area contributed by atoms with Crippen LogP contribution in [0.4, 0.5) is 13.2 Å². The predicted molar refractivity (Wildman–Crippen MR) is 212 cm³/mol. The van der Waals surface area contributed by atoms with Gasteiger partial charge in [-0.2, -0.15) is 18.3 Å². The smallest absolute Gasteiger partial charge is 0.426 e. The van der Waals surface area contributed by atoms with E-state index in [2.05, 4.69) is 24.1 Å². The lowest BCUT2D eigenvalue weighted by atomic mass is 9.68. The van der Waals surface area contributed by atoms with Crippen LogP contribution >= 0.6 is 0 Å². The summed E-state index contributed by atoms with van der Waals surface area (Å²) in [6, 6.07) is 4.60. The summed E-state index contributed by atoms with van der Waals surface area (Å²) in [6.45, 7) is 4.52. The van der Waals surface area contributed by atoms with Gasteiger partial charge in [-0.25, -0.2) is 0 Å². The summed E-state index contributed by atoms with van der Waals surface area (Å²) < 4.78 is 52.5. The standard InChI is InChI=1S/C46H67F3N2O4/c1-3-5-7-9-31-11-15-33(16-12-31)35-19-23-37(24-20-35)44(52)54-39-27-28-42(40(29-39)41-30-43(51-50-41)46(47,48)49)55-45(53)38-25-21-36(22-26-38)34-17-13-32(14-18-34)10-8-6-4-2/h27-29,31-38H,3-26,30H2,1-2H3. The van der Waals surface area contributed by atoms with Crippen molar-refractivity contribution >= 4 is 23.4 Å². The van der Waals surface area contributed by atoms with E-state index in [1.807, 2.05) is 0 Å². The van der Waals surface area contributed by atoms with Crippen molar-refractivity contribution in [2.45, 2.75) is 181 Å². The third-order valence-electron chi connectivity index (χ3n) is 14.4. The molecule has 0 aromatic heterocycles. The van der Waals surface area contributed by atoms with E-state index < -0.39 is 18.3 Å². The fourth-order valence-corrected chi connectivity index (χ4v) is 10.8. The summed E-state index contributed by atoms with van der Waals surface area (Å²) in [5, 5.41) is 7.27. The lowest BCUT2D eigenvalue weighted by molar-refractivity contribution is -0.141. The van der Waals surface area contributed by atoms with Crippen LogP contribution in [0.5, 0.6) is 11.5 Å². The highest BCUT2D eigenvalue weighted by atomic mass is 19.4. The molecule has 9 heteroatoms. The van der Waals surface area contributed by atoms with Crippen molar-refractivity contribution in [2.75, 3.05) is 0 Å². The largest absolute Gasteiger partial charge is 0.431 e. The summed E-state index contributed by atoms with van der Waals surface area (Å²) in [5.41, 5.74) is -0.750. The molecular weight excluding hydrogens is 702 g/mol. The van der Waals surface area contributed by atoms with Crippen molar-refractivity contribution in [3.05, 3.63) is 23.8 Å². The Hall–Kier alpha value is -2.71. The van der Waals surface area contributed by atoms with Gasteiger partial charge in [0.15, 0.2) is 0 Å². The summed E-state index contributed by atoms with van der Waals surface area (Å²) in [7, 11) is 0. The number of halogens is 3. The van der Waals surface area contributed by atoms with Crippen molar-refractivity contribution in [1.29, 1.82) is 0 Å². The number of carbonyl (C=O) groups is 2. The second kappa shape index (κ2) is 20.1. The number of unbranched alkanes of at least 4 members (excludes halogenated alkanes) is 4. The number of esters is 2. The van der Waals surface area contributed by atoms with E-state index in [1.165, 1.54) is 115 Å². The van der Waals surface area contributed by atoms with Gasteiger partial charge >= 0.3 is 18.1 Å². The summed E-state index contributed by atoms with van der Waals surface area (Å²) in [6.07, 6.45) is 23.2. The normalized spacial score (nSPS) is 30.3. The van der Waals surface area contributed by atoms with E-state index in [1.54, 1.807) is 6.07 Å². The molecule has 55 heavy (non-hydrogen) atoms. The van der Waals surface area contributed by atoms with Gasteiger partial charge < -0.3 is 9.47 Å². The van der Waals surface area contributed by atoms with E-state index in [9.17, 15) is 22.8 Å². The topological polar surface area (TPSA) is 77.3 Å². The van der Waals surface area contributed by atoms with E-state index in [0.29, 0.717) is 11.8 Å². The first-order valence-corrected chi connectivity index (χ1v) is 22.4. The van der Waals surface area contributed by atoms with Crippen LogP contribution in [0.2, 0.25) is 0 Å². The number of hydrogen-bond donors (Lipinski definition) is 0. The van der Waals surface area contributed by atoms with Crippen LogP contribution in [-0.4, -0.2) is 29.5 Å². The monoisotopic (exact) mass is 769 g/mol. The van der Waals surface area contributed by atoms with Gasteiger partial charge in [0.2, 0.25) is 0 Å². The Balaban J connectivity index is 1.01. The van der Waals surface area contributed by atoms with Crippen molar-refractivity contribution in [1.82, 2.24) is 0 Å². The van der Waals surface area contributed by atoms with E-state index in [4.69, 9.17) is 9.47 Å². The Labute approximate surface area is 328 Å². The number of rotatable bonds is 15. The highest BCUT2D eigenvalue weighted by Crippen LogP contribution is 2.44. The zero-order valence-electron chi connectivity index (χ0n) is 33.7. The van der Waals surface area contributed by atoms with Gasteiger partial charge in [0.1, 0.15) is 17.2 Å². The molecule has 0 unspecified atom stereocenters.